The molecular formula is C10H10Cl2O2S. The Morgan fingerprint density at radius 3 is 2.40 bits per heavy atom. The Labute approximate surface area is 103 Å². The van der Waals surface area contributed by atoms with Gasteiger partial charge in [-0.05, 0) is 32.0 Å². The molecule has 0 aliphatic heterocycles. The van der Waals surface area contributed by atoms with Gasteiger partial charge in [0.1, 0.15) is 4.75 Å². The molecule has 0 bridgehead atoms. The van der Waals surface area contributed by atoms with Crippen LogP contribution in [0.5, 0.6) is 0 Å². The molecule has 0 atom stereocenters. The van der Waals surface area contributed by atoms with Gasteiger partial charge in [-0.15, -0.1) is 11.8 Å². The number of halogens is 2. The largest absolute Gasteiger partial charge is 0.480 e. The van der Waals surface area contributed by atoms with Crippen LogP contribution in [-0.4, -0.2) is 15.8 Å². The van der Waals surface area contributed by atoms with Gasteiger partial charge in [0.05, 0.1) is 10.0 Å². The maximum absolute atomic E-state index is 10.9. The first kappa shape index (κ1) is 12.7. The minimum atomic E-state index is -0.878. The summed E-state index contributed by atoms with van der Waals surface area (Å²) in [5, 5.41) is 9.85. The molecule has 1 N–H and O–H groups in total. The molecule has 5 heteroatoms. The minimum Gasteiger partial charge on any atom is -0.480 e. The number of aliphatic carboxylic acids is 1. The Kier molecular flexibility index (Phi) is 3.93. The summed E-state index contributed by atoms with van der Waals surface area (Å²) >= 11 is 12.8. The van der Waals surface area contributed by atoms with Crippen LogP contribution in [0.15, 0.2) is 23.1 Å². The summed E-state index contributed by atoms with van der Waals surface area (Å²) in [6.45, 7) is 3.28. The number of carboxylic acids is 1. The molecule has 0 radical (unpaired) electrons. The SMILES string of the molecule is CC(C)(Sc1ccc(Cl)c(Cl)c1)C(=O)O. The number of rotatable bonds is 3. The molecule has 0 amide bonds. The second kappa shape index (κ2) is 4.64. The van der Waals surface area contributed by atoms with Crippen molar-refractivity contribution in [1.29, 1.82) is 0 Å². The zero-order chi connectivity index (χ0) is 11.6. The van der Waals surface area contributed by atoms with E-state index in [0.29, 0.717) is 10.0 Å². The fourth-order valence-corrected chi connectivity index (χ4v) is 2.23. The van der Waals surface area contributed by atoms with Gasteiger partial charge in [-0.3, -0.25) is 4.79 Å². The molecule has 0 fully saturated rings. The summed E-state index contributed by atoms with van der Waals surface area (Å²) < 4.78 is -0.878. The minimum absolute atomic E-state index is 0.433. The Morgan fingerprint density at radius 2 is 1.93 bits per heavy atom. The van der Waals surface area contributed by atoms with Crippen molar-refractivity contribution >= 4 is 40.9 Å². The quantitative estimate of drug-likeness (QED) is 0.841. The molecule has 2 nitrogen and oxygen atoms in total. The van der Waals surface area contributed by atoms with Gasteiger partial charge in [-0.2, -0.15) is 0 Å². The highest BCUT2D eigenvalue weighted by atomic mass is 35.5. The van der Waals surface area contributed by atoms with Gasteiger partial charge in [-0.25, -0.2) is 0 Å². The van der Waals surface area contributed by atoms with E-state index in [0.717, 1.165) is 4.90 Å². The lowest BCUT2D eigenvalue weighted by Crippen LogP contribution is -2.26. The third-order valence-corrected chi connectivity index (χ3v) is 3.69. The van der Waals surface area contributed by atoms with Crippen molar-refractivity contribution in [3.05, 3.63) is 28.2 Å². The summed E-state index contributed by atoms with van der Waals surface area (Å²) in [4.78, 5) is 11.7. The van der Waals surface area contributed by atoms with Gasteiger partial charge in [0, 0.05) is 4.90 Å². The highest BCUT2D eigenvalue weighted by Crippen LogP contribution is 2.35. The lowest BCUT2D eigenvalue weighted by atomic mass is 10.2. The zero-order valence-electron chi connectivity index (χ0n) is 8.25. The van der Waals surface area contributed by atoms with Crippen LogP contribution in [0.2, 0.25) is 10.0 Å². The first-order valence-corrected chi connectivity index (χ1v) is 5.77. The van der Waals surface area contributed by atoms with Gasteiger partial charge in [0.25, 0.3) is 0 Å². The van der Waals surface area contributed by atoms with Crippen molar-refractivity contribution in [2.75, 3.05) is 0 Å². The van der Waals surface area contributed by atoms with Crippen molar-refractivity contribution in [2.45, 2.75) is 23.5 Å². The van der Waals surface area contributed by atoms with Gasteiger partial charge in [0.15, 0.2) is 0 Å². The maximum atomic E-state index is 10.9. The van der Waals surface area contributed by atoms with Crippen molar-refractivity contribution in [1.82, 2.24) is 0 Å². The number of benzene rings is 1. The monoisotopic (exact) mass is 264 g/mol. The molecule has 1 aromatic rings. The van der Waals surface area contributed by atoms with E-state index in [9.17, 15) is 4.79 Å². The lowest BCUT2D eigenvalue weighted by Gasteiger charge is -2.18. The molecule has 0 spiro atoms. The molecule has 0 unspecified atom stereocenters. The Balaban J connectivity index is 2.91. The van der Waals surface area contributed by atoms with Crippen molar-refractivity contribution in [3.8, 4) is 0 Å². The summed E-state index contributed by atoms with van der Waals surface area (Å²) in [5.74, 6) is -0.862. The second-order valence-corrected chi connectivity index (χ2v) is 6.00. The van der Waals surface area contributed by atoms with Crippen molar-refractivity contribution in [3.63, 3.8) is 0 Å². The van der Waals surface area contributed by atoms with Gasteiger partial charge in [-0.1, -0.05) is 23.2 Å². The highest BCUT2D eigenvalue weighted by Gasteiger charge is 2.28. The van der Waals surface area contributed by atoms with E-state index in [1.54, 1.807) is 32.0 Å². The van der Waals surface area contributed by atoms with E-state index in [-0.39, 0.29) is 0 Å². The van der Waals surface area contributed by atoms with Gasteiger partial charge < -0.3 is 5.11 Å². The predicted octanol–water partition coefficient (Wildman–Crippen LogP) is 3.95. The first-order chi connectivity index (χ1) is 6.83. The molecule has 0 aliphatic carbocycles. The van der Waals surface area contributed by atoms with E-state index in [4.69, 9.17) is 28.3 Å². The molecule has 1 aromatic carbocycles. The number of hydrogen-bond acceptors (Lipinski definition) is 2. The van der Waals surface area contributed by atoms with Gasteiger partial charge >= 0.3 is 5.97 Å². The molecule has 0 aromatic heterocycles. The van der Waals surface area contributed by atoms with E-state index in [1.807, 2.05) is 0 Å². The number of hydrogen-bond donors (Lipinski definition) is 1. The molecule has 0 aliphatic rings. The van der Waals surface area contributed by atoms with Crippen LogP contribution in [0.1, 0.15) is 13.8 Å². The zero-order valence-corrected chi connectivity index (χ0v) is 10.6. The van der Waals surface area contributed by atoms with Crippen LogP contribution < -0.4 is 0 Å². The predicted molar refractivity (Wildman–Crippen MR) is 64.0 cm³/mol. The molecule has 1 rings (SSSR count). The maximum Gasteiger partial charge on any atom is 0.319 e. The van der Waals surface area contributed by atoms with Crippen molar-refractivity contribution < 1.29 is 9.90 Å². The first-order valence-electron chi connectivity index (χ1n) is 4.20. The van der Waals surface area contributed by atoms with Gasteiger partial charge in [0.2, 0.25) is 0 Å². The molecule has 0 saturated heterocycles. The molecule has 0 saturated carbocycles. The smallest absolute Gasteiger partial charge is 0.319 e. The Hall–Kier alpha value is -0.380. The van der Waals surface area contributed by atoms with Crippen LogP contribution >= 0.6 is 35.0 Å². The van der Waals surface area contributed by atoms with E-state index in [1.165, 1.54) is 11.8 Å². The van der Waals surface area contributed by atoms with Crippen LogP contribution in [0, 0.1) is 0 Å². The van der Waals surface area contributed by atoms with Crippen LogP contribution in [0.25, 0.3) is 0 Å². The molecular weight excluding hydrogens is 255 g/mol. The molecule has 0 heterocycles. The average Bonchev–Trinajstić information content (AvgIpc) is 2.10. The number of carboxylic acid groups (broad SMARTS) is 1. The summed E-state index contributed by atoms with van der Waals surface area (Å²) in [6.07, 6.45) is 0. The summed E-state index contributed by atoms with van der Waals surface area (Å²) in [7, 11) is 0. The average molecular weight is 265 g/mol. The molecule has 82 valence electrons. The van der Waals surface area contributed by atoms with E-state index >= 15 is 0 Å². The third-order valence-electron chi connectivity index (χ3n) is 1.78. The Morgan fingerprint density at radius 1 is 1.33 bits per heavy atom. The third kappa shape index (κ3) is 3.30. The fraction of sp³-hybridized carbons (Fsp3) is 0.300. The van der Waals surface area contributed by atoms with Crippen LogP contribution in [0.4, 0.5) is 0 Å². The normalized spacial score (nSPS) is 11.5. The lowest BCUT2D eigenvalue weighted by molar-refractivity contribution is -0.138. The second-order valence-electron chi connectivity index (χ2n) is 3.49. The van der Waals surface area contributed by atoms with Crippen molar-refractivity contribution in [2.24, 2.45) is 0 Å². The summed E-state index contributed by atoms with van der Waals surface area (Å²) in [6, 6.07) is 5.08. The fourth-order valence-electron chi connectivity index (χ4n) is 0.879. The number of carbonyl (C=O) groups is 1. The Bertz CT molecular complexity index is 391. The number of thioether (sulfide) groups is 1. The van der Waals surface area contributed by atoms with E-state index in [2.05, 4.69) is 0 Å². The summed E-state index contributed by atoms with van der Waals surface area (Å²) in [5.41, 5.74) is 0. The highest BCUT2D eigenvalue weighted by molar-refractivity contribution is 8.01. The van der Waals surface area contributed by atoms with Crippen LogP contribution in [0.3, 0.4) is 0 Å². The molecule has 15 heavy (non-hydrogen) atoms. The standard InChI is InChI=1S/C10H10Cl2O2S/c1-10(2,9(13)14)15-6-3-4-7(11)8(12)5-6/h3-5H,1-2H3,(H,13,14). The van der Waals surface area contributed by atoms with E-state index < -0.39 is 10.7 Å². The van der Waals surface area contributed by atoms with Crippen LogP contribution in [-0.2, 0) is 4.79 Å². The topological polar surface area (TPSA) is 37.3 Å².